The maximum atomic E-state index is 4.57. The van der Waals surface area contributed by atoms with Crippen molar-refractivity contribution in [1.29, 1.82) is 0 Å². The third-order valence-corrected chi connectivity index (χ3v) is 3.87. The number of aryl methyl sites for hydroxylation is 1. The summed E-state index contributed by atoms with van der Waals surface area (Å²) in [6.45, 7) is 9.95. The third-order valence-electron chi connectivity index (χ3n) is 3.87. The number of rotatable bonds is 8. The summed E-state index contributed by atoms with van der Waals surface area (Å²) >= 11 is 0. The van der Waals surface area contributed by atoms with Crippen LogP contribution in [0.15, 0.2) is 11.3 Å². The van der Waals surface area contributed by atoms with Gasteiger partial charge in [-0.2, -0.15) is 5.10 Å². The molecule has 0 spiro atoms. The van der Waals surface area contributed by atoms with Gasteiger partial charge in [0.1, 0.15) is 18.7 Å². The second kappa shape index (κ2) is 10.1. The lowest BCUT2D eigenvalue weighted by Crippen LogP contribution is -2.43. The van der Waals surface area contributed by atoms with Crippen LogP contribution in [0.2, 0.25) is 0 Å². The number of halogens is 1. The van der Waals surface area contributed by atoms with E-state index < -0.39 is 0 Å². The average Bonchev–Trinajstić information content (AvgIpc) is 3.23. The van der Waals surface area contributed by atoms with E-state index in [1.807, 2.05) is 7.05 Å². The Balaban J connectivity index is 0.00000264. The normalized spacial score (nSPS) is 15.0. The van der Waals surface area contributed by atoms with Crippen molar-refractivity contribution in [2.45, 2.75) is 52.2 Å². The van der Waals surface area contributed by atoms with E-state index in [0.29, 0.717) is 12.6 Å². The molecule has 2 N–H and O–H groups in total. The predicted octanol–water partition coefficient (Wildman–Crippen LogP) is 1.36. The lowest BCUT2D eigenvalue weighted by atomic mass is 10.3. The molecule has 0 aliphatic heterocycles. The first-order valence-electron chi connectivity index (χ1n) is 8.22. The molecule has 132 valence electrons. The summed E-state index contributed by atoms with van der Waals surface area (Å²) in [5, 5.41) is 10.7. The number of hydrogen-bond acceptors (Lipinski definition) is 4. The minimum absolute atomic E-state index is 0. The Morgan fingerprint density at radius 3 is 2.70 bits per heavy atom. The van der Waals surface area contributed by atoms with Crippen LogP contribution in [0.25, 0.3) is 0 Å². The maximum absolute atomic E-state index is 4.57. The fraction of sp³-hybridized carbons (Fsp3) is 0.800. The largest absolute Gasteiger partial charge is 0.357 e. The number of nitrogens with one attached hydrogen (secondary N) is 2. The van der Waals surface area contributed by atoms with E-state index in [1.54, 1.807) is 11.0 Å². The molecule has 0 aromatic carbocycles. The molecule has 1 aromatic rings. The van der Waals surface area contributed by atoms with Gasteiger partial charge in [-0.1, -0.05) is 0 Å². The molecule has 8 heteroatoms. The molecule has 0 unspecified atom stereocenters. The molecule has 1 aliphatic carbocycles. The highest BCUT2D eigenvalue weighted by Crippen LogP contribution is 2.27. The van der Waals surface area contributed by atoms with Crippen LogP contribution in [-0.4, -0.2) is 57.3 Å². The predicted molar refractivity (Wildman–Crippen MR) is 104 cm³/mol. The van der Waals surface area contributed by atoms with Crippen LogP contribution in [0, 0.1) is 0 Å². The van der Waals surface area contributed by atoms with Gasteiger partial charge in [0.25, 0.3) is 0 Å². The minimum atomic E-state index is 0. The first-order chi connectivity index (χ1) is 10.6. The smallest absolute Gasteiger partial charge is 0.191 e. The molecule has 23 heavy (non-hydrogen) atoms. The SMILES string of the molecule is CCNC(=NCc1ncnn1C)NCCN(C(C)C)C1CC1.I. The number of hydrogen-bond donors (Lipinski definition) is 2. The van der Waals surface area contributed by atoms with E-state index in [2.05, 4.69) is 51.4 Å². The molecule has 1 heterocycles. The van der Waals surface area contributed by atoms with Gasteiger partial charge in [0.2, 0.25) is 0 Å². The highest BCUT2D eigenvalue weighted by atomic mass is 127. The number of nitrogens with zero attached hydrogens (tertiary/aromatic N) is 5. The van der Waals surface area contributed by atoms with Crippen LogP contribution in [0.4, 0.5) is 0 Å². The standard InChI is InChI=1S/C15H29N7.HI/c1-5-16-15(18-10-14-19-11-20-21(14)4)17-8-9-22(12(2)3)13-6-7-13;/h11-13H,5-10H2,1-4H3,(H2,16,17,18);1H. The zero-order chi connectivity index (χ0) is 15.9. The number of aliphatic imine (C=N–C) groups is 1. The van der Waals surface area contributed by atoms with Gasteiger partial charge in [-0.3, -0.25) is 9.58 Å². The Morgan fingerprint density at radius 2 is 2.17 bits per heavy atom. The Kier molecular flexibility index (Phi) is 8.82. The van der Waals surface area contributed by atoms with Crippen LogP contribution < -0.4 is 10.6 Å². The molecule has 1 aromatic heterocycles. The summed E-state index contributed by atoms with van der Waals surface area (Å²) in [4.78, 5) is 11.3. The number of aromatic nitrogens is 3. The second-order valence-electron chi connectivity index (χ2n) is 5.98. The molecule has 1 aliphatic rings. The van der Waals surface area contributed by atoms with Gasteiger partial charge in [0.15, 0.2) is 5.96 Å². The summed E-state index contributed by atoms with van der Waals surface area (Å²) in [5.74, 6) is 1.70. The molecule has 0 saturated heterocycles. The molecule has 0 radical (unpaired) electrons. The quantitative estimate of drug-likeness (QED) is 0.367. The maximum Gasteiger partial charge on any atom is 0.191 e. The van der Waals surface area contributed by atoms with Gasteiger partial charge in [-0.05, 0) is 33.6 Å². The van der Waals surface area contributed by atoms with E-state index >= 15 is 0 Å². The van der Waals surface area contributed by atoms with Crippen molar-refractivity contribution in [3.63, 3.8) is 0 Å². The van der Waals surface area contributed by atoms with E-state index in [-0.39, 0.29) is 24.0 Å². The van der Waals surface area contributed by atoms with Crippen molar-refractivity contribution in [2.24, 2.45) is 12.0 Å². The molecule has 1 fully saturated rings. The number of guanidine groups is 1. The van der Waals surface area contributed by atoms with Crippen molar-refractivity contribution in [1.82, 2.24) is 30.3 Å². The van der Waals surface area contributed by atoms with Gasteiger partial charge in [0.05, 0.1) is 0 Å². The molecule has 0 atom stereocenters. The Hall–Kier alpha value is -0.900. The summed E-state index contributed by atoms with van der Waals surface area (Å²) in [6.07, 6.45) is 4.25. The molecule has 0 bridgehead atoms. The second-order valence-corrected chi connectivity index (χ2v) is 5.98. The zero-order valence-electron chi connectivity index (χ0n) is 14.6. The Labute approximate surface area is 156 Å². The first-order valence-corrected chi connectivity index (χ1v) is 8.22. The first kappa shape index (κ1) is 20.1. The summed E-state index contributed by atoms with van der Waals surface area (Å²) in [6, 6.07) is 1.40. The molecular weight excluding hydrogens is 405 g/mol. The zero-order valence-corrected chi connectivity index (χ0v) is 16.9. The summed E-state index contributed by atoms with van der Waals surface area (Å²) < 4.78 is 1.75. The van der Waals surface area contributed by atoms with Crippen molar-refractivity contribution < 1.29 is 0 Å². The molecule has 0 amide bonds. The van der Waals surface area contributed by atoms with Crippen molar-refractivity contribution in [3.05, 3.63) is 12.2 Å². The van der Waals surface area contributed by atoms with Crippen molar-refractivity contribution in [3.8, 4) is 0 Å². The van der Waals surface area contributed by atoms with Crippen LogP contribution in [0.3, 0.4) is 0 Å². The molecule has 2 rings (SSSR count). The van der Waals surface area contributed by atoms with E-state index in [4.69, 9.17) is 0 Å². The Bertz CT molecular complexity index is 480. The van der Waals surface area contributed by atoms with Crippen LogP contribution in [0.1, 0.15) is 39.4 Å². The molecular formula is C15H30IN7. The monoisotopic (exact) mass is 435 g/mol. The van der Waals surface area contributed by atoms with Crippen molar-refractivity contribution >= 4 is 29.9 Å². The summed E-state index contributed by atoms with van der Waals surface area (Å²) in [7, 11) is 1.88. The lowest BCUT2D eigenvalue weighted by molar-refractivity contribution is 0.215. The average molecular weight is 435 g/mol. The van der Waals surface area contributed by atoms with Crippen LogP contribution in [-0.2, 0) is 13.6 Å². The third kappa shape index (κ3) is 6.62. The lowest BCUT2D eigenvalue weighted by Gasteiger charge is -2.26. The van der Waals surface area contributed by atoms with Gasteiger partial charge in [0, 0.05) is 38.8 Å². The highest BCUT2D eigenvalue weighted by Gasteiger charge is 2.30. The van der Waals surface area contributed by atoms with Gasteiger partial charge in [-0.25, -0.2) is 9.98 Å². The fourth-order valence-corrected chi connectivity index (χ4v) is 2.53. The van der Waals surface area contributed by atoms with Crippen molar-refractivity contribution in [2.75, 3.05) is 19.6 Å². The van der Waals surface area contributed by atoms with Gasteiger partial charge >= 0.3 is 0 Å². The van der Waals surface area contributed by atoms with E-state index in [9.17, 15) is 0 Å². The van der Waals surface area contributed by atoms with E-state index in [0.717, 1.165) is 37.5 Å². The van der Waals surface area contributed by atoms with Crippen LogP contribution >= 0.6 is 24.0 Å². The van der Waals surface area contributed by atoms with Gasteiger partial charge in [-0.15, -0.1) is 24.0 Å². The minimum Gasteiger partial charge on any atom is -0.357 e. The Morgan fingerprint density at radius 1 is 1.43 bits per heavy atom. The van der Waals surface area contributed by atoms with Gasteiger partial charge < -0.3 is 10.6 Å². The molecule has 1 saturated carbocycles. The molecule has 7 nitrogen and oxygen atoms in total. The topological polar surface area (TPSA) is 70.4 Å². The highest BCUT2D eigenvalue weighted by molar-refractivity contribution is 14.0. The van der Waals surface area contributed by atoms with Crippen LogP contribution in [0.5, 0.6) is 0 Å². The summed E-state index contributed by atoms with van der Waals surface area (Å²) in [5.41, 5.74) is 0. The van der Waals surface area contributed by atoms with E-state index in [1.165, 1.54) is 12.8 Å². The fourth-order valence-electron chi connectivity index (χ4n) is 2.53.